The molecule has 0 aromatic heterocycles. The molecule has 0 amide bonds. The molecule has 0 aromatic carbocycles. The first-order valence-electron chi connectivity index (χ1n) is 34.0. The minimum Gasteiger partial charge on any atom is -0.462 e. The first kappa shape index (κ1) is 78.0. The number of unbranched alkanes of at least 4 members (excludes halogenated alkanes) is 23. The predicted molar refractivity (Wildman–Crippen MR) is 362 cm³/mol. The molecule has 0 aliphatic rings. The molecule has 468 valence electrons. The van der Waals surface area contributed by atoms with E-state index in [0.717, 1.165) is 167 Å². The van der Waals surface area contributed by atoms with E-state index in [9.17, 15) is 14.4 Å². The van der Waals surface area contributed by atoms with Crippen molar-refractivity contribution in [3.05, 3.63) is 158 Å². The van der Waals surface area contributed by atoms with Gasteiger partial charge in [-0.15, -0.1) is 0 Å². The van der Waals surface area contributed by atoms with Gasteiger partial charge in [-0.1, -0.05) is 281 Å². The number of carbonyl (C=O) groups is 3. The lowest BCUT2D eigenvalue weighted by Crippen LogP contribution is -2.30. The third-order valence-electron chi connectivity index (χ3n) is 14.0. The Bertz CT molecular complexity index is 1840. The third-order valence-corrected chi connectivity index (χ3v) is 14.0. The summed E-state index contributed by atoms with van der Waals surface area (Å²) in [6.45, 7) is 6.37. The van der Waals surface area contributed by atoms with Gasteiger partial charge in [0.05, 0.1) is 0 Å². The monoisotopic (exact) mass is 1140 g/mol. The number of allylic oxidation sites excluding steroid dienone is 26. The van der Waals surface area contributed by atoms with Gasteiger partial charge in [0.25, 0.3) is 0 Å². The van der Waals surface area contributed by atoms with Crippen molar-refractivity contribution in [3.63, 3.8) is 0 Å². The van der Waals surface area contributed by atoms with E-state index in [1.165, 1.54) is 83.5 Å². The summed E-state index contributed by atoms with van der Waals surface area (Å²) in [5, 5.41) is 0. The van der Waals surface area contributed by atoms with Crippen LogP contribution in [0.4, 0.5) is 0 Å². The van der Waals surface area contributed by atoms with Gasteiger partial charge in [-0.25, -0.2) is 0 Å². The van der Waals surface area contributed by atoms with Gasteiger partial charge in [0, 0.05) is 19.3 Å². The second kappa shape index (κ2) is 69.5. The largest absolute Gasteiger partial charge is 0.462 e. The maximum atomic E-state index is 12.9. The van der Waals surface area contributed by atoms with E-state index in [1.807, 2.05) is 0 Å². The van der Waals surface area contributed by atoms with E-state index < -0.39 is 6.10 Å². The predicted octanol–water partition coefficient (Wildman–Crippen LogP) is 23.7. The minimum absolute atomic E-state index is 0.0976. The number of ether oxygens (including phenoxy) is 3. The molecule has 6 heteroatoms. The molecule has 0 aliphatic carbocycles. The Kier molecular flexibility index (Phi) is 65.4. The van der Waals surface area contributed by atoms with Crippen LogP contribution in [0.15, 0.2) is 158 Å². The average molecular weight is 1150 g/mol. The van der Waals surface area contributed by atoms with Crippen molar-refractivity contribution in [2.24, 2.45) is 0 Å². The Morgan fingerprint density at radius 2 is 0.470 bits per heavy atom. The summed E-state index contributed by atoms with van der Waals surface area (Å²) in [5.41, 5.74) is 0. The van der Waals surface area contributed by atoms with Crippen LogP contribution in [0.2, 0.25) is 0 Å². The van der Waals surface area contributed by atoms with Crippen LogP contribution in [0.25, 0.3) is 0 Å². The molecule has 0 aliphatic heterocycles. The van der Waals surface area contributed by atoms with Crippen molar-refractivity contribution in [1.29, 1.82) is 0 Å². The smallest absolute Gasteiger partial charge is 0.306 e. The Balaban J connectivity index is 4.41. The van der Waals surface area contributed by atoms with Gasteiger partial charge in [0.2, 0.25) is 0 Å². The van der Waals surface area contributed by atoms with Crippen molar-refractivity contribution in [2.75, 3.05) is 13.2 Å². The molecule has 0 saturated heterocycles. The Morgan fingerprint density at radius 3 is 0.735 bits per heavy atom. The third kappa shape index (κ3) is 67.7. The summed E-state index contributed by atoms with van der Waals surface area (Å²) in [5.74, 6) is -0.928. The Labute approximate surface area is 511 Å². The van der Waals surface area contributed by atoms with Crippen molar-refractivity contribution >= 4 is 17.9 Å². The van der Waals surface area contributed by atoms with Gasteiger partial charge < -0.3 is 14.2 Å². The lowest BCUT2D eigenvalue weighted by molar-refractivity contribution is -0.167. The second-order valence-corrected chi connectivity index (χ2v) is 22.0. The summed E-state index contributed by atoms with van der Waals surface area (Å²) < 4.78 is 16.9. The van der Waals surface area contributed by atoms with Gasteiger partial charge in [-0.3, -0.25) is 14.4 Å². The van der Waals surface area contributed by atoms with Crippen LogP contribution in [0.5, 0.6) is 0 Å². The van der Waals surface area contributed by atoms with Crippen molar-refractivity contribution in [3.8, 4) is 0 Å². The highest BCUT2D eigenvalue weighted by atomic mass is 16.6. The molecule has 0 radical (unpaired) electrons. The van der Waals surface area contributed by atoms with Crippen LogP contribution in [-0.4, -0.2) is 37.2 Å². The quantitative estimate of drug-likeness (QED) is 0.0261. The summed E-state index contributed by atoms with van der Waals surface area (Å²) in [7, 11) is 0. The fraction of sp³-hybridized carbons (Fsp3) is 0.623. The molecule has 0 heterocycles. The maximum Gasteiger partial charge on any atom is 0.306 e. The molecule has 0 spiro atoms. The maximum absolute atomic E-state index is 12.9. The number of hydrogen-bond acceptors (Lipinski definition) is 6. The molecule has 6 nitrogen and oxygen atoms in total. The van der Waals surface area contributed by atoms with Gasteiger partial charge >= 0.3 is 17.9 Å². The van der Waals surface area contributed by atoms with Gasteiger partial charge in [0.15, 0.2) is 6.10 Å². The molecular formula is C77H124O6. The highest BCUT2D eigenvalue weighted by Crippen LogP contribution is 2.15. The summed E-state index contributed by atoms with van der Waals surface area (Å²) >= 11 is 0. The van der Waals surface area contributed by atoms with Crippen LogP contribution in [0.1, 0.15) is 290 Å². The zero-order valence-corrected chi connectivity index (χ0v) is 53.7. The second-order valence-electron chi connectivity index (χ2n) is 22.0. The molecule has 1 atom stereocenters. The van der Waals surface area contributed by atoms with Crippen LogP contribution in [0, 0.1) is 0 Å². The van der Waals surface area contributed by atoms with Crippen molar-refractivity contribution < 1.29 is 28.6 Å². The van der Waals surface area contributed by atoms with Crippen molar-refractivity contribution in [1.82, 2.24) is 0 Å². The van der Waals surface area contributed by atoms with Crippen LogP contribution in [-0.2, 0) is 28.6 Å². The molecule has 1 unspecified atom stereocenters. The number of hydrogen-bond donors (Lipinski definition) is 0. The number of rotatable bonds is 60. The lowest BCUT2D eigenvalue weighted by Gasteiger charge is -2.18. The molecule has 83 heavy (non-hydrogen) atoms. The lowest BCUT2D eigenvalue weighted by atomic mass is 10.1. The number of carbonyl (C=O) groups excluding carboxylic acids is 3. The van der Waals surface area contributed by atoms with E-state index >= 15 is 0 Å². The molecular weight excluding hydrogens is 1020 g/mol. The van der Waals surface area contributed by atoms with E-state index in [2.05, 4.69) is 179 Å². The van der Waals surface area contributed by atoms with Crippen LogP contribution < -0.4 is 0 Å². The number of esters is 3. The van der Waals surface area contributed by atoms with E-state index in [1.54, 1.807) is 0 Å². The minimum atomic E-state index is -0.803. The fourth-order valence-electron chi connectivity index (χ4n) is 8.97. The van der Waals surface area contributed by atoms with E-state index in [-0.39, 0.29) is 31.1 Å². The standard InChI is InChI=1S/C77H124O6/c1-4-7-10-13-16-19-22-25-28-30-32-34-35-36-37-38-39-40-41-43-44-46-49-52-55-58-61-64-67-70-76(79)82-73-74(72-81-75(78)69-66-63-60-57-54-51-48-27-24-21-18-15-12-9-6-3)83-77(80)71-68-65-62-59-56-53-50-47-45-42-33-31-29-26-23-20-17-14-11-8-5-2/h7-8,10-11,16-21,25-29,32-34,36-37,39-40,42-44,48,74H,4-6,9,12-15,22-24,30-31,35,38,41,45-47,49-73H2,1-3H3/b10-7-,11-8-,19-16-,20-17-,21-18-,28-25-,29-26-,34-32-,37-36-,40-39-,42-33-,44-43-,48-27-. The Morgan fingerprint density at radius 1 is 0.253 bits per heavy atom. The van der Waals surface area contributed by atoms with E-state index in [0.29, 0.717) is 19.3 Å². The molecule has 0 rings (SSSR count). The summed E-state index contributed by atoms with van der Waals surface area (Å²) in [6.07, 6.45) is 101. The van der Waals surface area contributed by atoms with E-state index in [4.69, 9.17) is 14.2 Å². The molecule has 0 aromatic rings. The Hall–Kier alpha value is -4.97. The first-order chi connectivity index (χ1) is 41.0. The van der Waals surface area contributed by atoms with Crippen LogP contribution >= 0.6 is 0 Å². The molecule has 0 bridgehead atoms. The normalized spacial score (nSPS) is 13.1. The zero-order chi connectivity index (χ0) is 59.9. The van der Waals surface area contributed by atoms with Crippen LogP contribution in [0.3, 0.4) is 0 Å². The highest BCUT2D eigenvalue weighted by molar-refractivity contribution is 5.71. The van der Waals surface area contributed by atoms with Gasteiger partial charge in [0.1, 0.15) is 13.2 Å². The average Bonchev–Trinajstić information content (AvgIpc) is 3.49. The SMILES string of the molecule is CC/C=C\C/C=C\C/C=C\C/C=C\C/C=C\C/C=C\C/C=C\CCCCCCCCCC(=O)OCC(COC(=O)CCCCCCC/C=C\C/C=C\CCCCC)OC(=O)CCCCCCCCCC/C=C\C/C=C\C/C=C\C/C=C\CC. The summed E-state index contributed by atoms with van der Waals surface area (Å²) in [6, 6.07) is 0. The molecule has 0 N–H and O–H groups in total. The topological polar surface area (TPSA) is 78.9 Å². The molecule has 0 fully saturated rings. The zero-order valence-electron chi connectivity index (χ0n) is 53.7. The van der Waals surface area contributed by atoms with Gasteiger partial charge in [-0.2, -0.15) is 0 Å². The fourth-order valence-corrected chi connectivity index (χ4v) is 8.97. The summed E-state index contributed by atoms with van der Waals surface area (Å²) in [4.78, 5) is 38.4. The van der Waals surface area contributed by atoms with Crippen molar-refractivity contribution in [2.45, 2.75) is 297 Å². The van der Waals surface area contributed by atoms with Gasteiger partial charge in [-0.05, 0) is 148 Å². The molecule has 0 saturated carbocycles. The highest BCUT2D eigenvalue weighted by Gasteiger charge is 2.19. The first-order valence-corrected chi connectivity index (χ1v) is 34.0.